The Bertz CT molecular complexity index is 741. The third-order valence-corrected chi connectivity index (χ3v) is 4.71. The molecule has 0 saturated heterocycles. The molecule has 0 aliphatic rings. The quantitative estimate of drug-likeness (QED) is 0.882. The van der Waals surface area contributed by atoms with Crippen LogP contribution in [0.5, 0.6) is 0 Å². The number of aliphatic hydroxyl groups is 1. The third kappa shape index (κ3) is 3.55. The maximum atomic E-state index is 12.4. The van der Waals surface area contributed by atoms with Crippen LogP contribution in [-0.4, -0.2) is 23.3 Å². The van der Waals surface area contributed by atoms with E-state index < -0.39 is 10.0 Å². The topological polar surface area (TPSA) is 84.2 Å². The van der Waals surface area contributed by atoms with Gasteiger partial charge in [0.05, 0.1) is 23.5 Å². The Labute approximate surface area is 128 Å². The van der Waals surface area contributed by atoms with Crippen LogP contribution in [0.4, 0.5) is 5.69 Å². The first kappa shape index (κ1) is 15.8. The Morgan fingerprint density at radius 2 is 2.14 bits per heavy atom. The summed E-state index contributed by atoms with van der Waals surface area (Å²) >= 11 is 5.94. The summed E-state index contributed by atoms with van der Waals surface area (Å²) in [5, 5.41) is 13.3. The molecule has 2 N–H and O–H groups in total. The highest BCUT2D eigenvalue weighted by atomic mass is 35.5. The number of hydrogen-bond acceptors (Lipinski definition) is 4. The smallest absolute Gasteiger partial charge is 0.263 e. The van der Waals surface area contributed by atoms with Crippen molar-refractivity contribution in [3.63, 3.8) is 0 Å². The van der Waals surface area contributed by atoms with E-state index in [0.717, 1.165) is 0 Å². The Hall–Kier alpha value is -1.57. The molecule has 0 radical (unpaired) electrons. The summed E-state index contributed by atoms with van der Waals surface area (Å²) < 4.78 is 28.8. The summed E-state index contributed by atoms with van der Waals surface area (Å²) in [5.74, 6) is 0. The second-order valence-electron chi connectivity index (χ2n) is 4.83. The van der Waals surface area contributed by atoms with Crippen molar-refractivity contribution in [1.82, 2.24) is 9.78 Å². The van der Waals surface area contributed by atoms with Crippen molar-refractivity contribution in [2.75, 3.05) is 4.72 Å². The zero-order valence-electron chi connectivity index (χ0n) is 11.6. The second kappa shape index (κ2) is 6.05. The minimum absolute atomic E-state index is 0.0759. The Kier molecular flexibility index (Phi) is 4.55. The van der Waals surface area contributed by atoms with Gasteiger partial charge in [-0.1, -0.05) is 17.7 Å². The highest BCUT2D eigenvalue weighted by Gasteiger charge is 2.19. The van der Waals surface area contributed by atoms with Gasteiger partial charge >= 0.3 is 0 Å². The highest BCUT2D eigenvalue weighted by molar-refractivity contribution is 7.92. The molecule has 114 valence electrons. The maximum Gasteiger partial charge on any atom is 0.263 e. The van der Waals surface area contributed by atoms with Crippen molar-refractivity contribution in [2.24, 2.45) is 0 Å². The van der Waals surface area contributed by atoms with Crippen LogP contribution < -0.4 is 4.72 Å². The molecule has 0 aliphatic carbocycles. The fraction of sp³-hybridized carbons (Fsp3) is 0.308. The molecule has 1 heterocycles. The average Bonchev–Trinajstić information content (AvgIpc) is 2.87. The van der Waals surface area contributed by atoms with E-state index >= 15 is 0 Å². The van der Waals surface area contributed by atoms with Crippen LogP contribution in [0.25, 0.3) is 0 Å². The van der Waals surface area contributed by atoms with E-state index in [0.29, 0.717) is 11.3 Å². The van der Waals surface area contributed by atoms with E-state index in [4.69, 9.17) is 16.7 Å². The van der Waals surface area contributed by atoms with E-state index in [1.54, 1.807) is 16.9 Å². The second-order valence-corrected chi connectivity index (χ2v) is 6.89. The molecule has 0 spiro atoms. The molecule has 0 saturated carbocycles. The summed E-state index contributed by atoms with van der Waals surface area (Å²) in [6, 6.07) is 4.49. The predicted molar refractivity (Wildman–Crippen MR) is 80.8 cm³/mol. The number of aliphatic hydroxyl groups excluding tert-OH is 1. The Balaban J connectivity index is 2.33. The first-order valence-corrected chi connectivity index (χ1v) is 8.16. The van der Waals surface area contributed by atoms with Crippen LogP contribution in [0, 0.1) is 0 Å². The first-order chi connectivity index (χ1) is 9.83. The Morgan fingerprint density at radius 1 is 1.43 bits per heavy atom. The van der Waals surface area contributed by atoms with Crippen LogP contribution >= 0.6 is 11.6 Å². The molecule has 1 aromatic carbocycles. The number of benzene rings is 1. The van der Waals surface area contributed by atoms with Gasteiger partial charge in [-0.25, -0.2) is 8.42 Å². The summed E-state index contributed by atoms with van der Waals surface area (Å²) in [7, 11) is -3.84. The molecule has 0 fully saturated rings. The molecule has 1 aromatic heterocycles. The lowest BCUT2D eigenvalue weighted by Crippen LogP contribution is -2.13. The number of rotatable bonds is 5. The number of nitrogens with one attached hydrogen (secondary N) is 1. The van der Waals surface area contributed by atoms with Gasteiger partial charge in [0, 0.05) is 12.2 Å². The lowest BCUT2D eigenvalue weighted by Gasteiger charge is -2.09. The van der Waals surface area contributed by atoms with Gasteiger partial charge in [0.15, 0.2) is 0 Å². The van der Waals surface area contributed by atoms with Gasteiger partial charge in [0.25, 0.3) is 10.0 Å². The van der Waals surface area contributed by atoms with Crippen molar-refractivity contribution in [1.29, 1.82) is 0 Å². The minimum Gasteiger partial charge on any atom is -0.392 e. The number of sulfonamides is 1. The average molecular weight is 330 g/mol. The molecule has 0 bridgehead atoms. The number of halogens is 1. The van der Waals surface area contributed by atoms with Gasteiger partial charge in [-0.2, -0.15) is 5.10 Å². The van der Waals surface area contributed by atoms with Crippen molar-refractivity contribution in [3.8, 4) is 0 Å². The Morgan fingerprint density at radius 3 is 2.71 bits per heavy atom. The number of hydrogen-bond donors (Lipinski definition) is 2. The normalized spacial score (nSPS) is 11.9. The van der Waals surface area contributed by atoms with Crippen molar-refractivity contribution >= 4 is 27.3 Å². The van der Waals surface area contributed by atoms with Crippen LogP contribution in [0.3, 0.4) is 0 Å². The fourth-order valence-electron chi connectivity index (χ4n) is 1.74. The summed E-state index contributed by atoms with van der Waals surface area (Å²) in [4.78, 5) is -0.0759. The SMILES string of the molecule is CC(C)n1cc(NS(=O)(=O)c2cc(CO)ccc2Cl)cn1. The molecule has 0 unspecified atom stereocenters. The molecule has 0 aliphatic heterocycles. The highest BCUT2D eigenvalue weighted by Crippen LogP contribution is 2.25. The molecule has 0 amide bonds. The maximum absolute atomic E-state index is 12.4. The van der Waals surface area contributed by atoms with Crippen LogP contribution in [0.15, 0.2) is 35.5 Å². The molecule has 21 heavy (non-hydrogen) atoms. The molecule has 0 atom stereocenters. The van der Waals surface area contributed by atoms with Crippen molar-refractivity contribution in [2.45, 2.75) is 31.4 Å². The van der Waals surface area contributed by atoms with E-state index in [1.165, 1.54) is 18.3 Å². The molecular formula is C13H16ClN3O3S. The summed E-state index contributed by atoms with van der Waals surface area (Å²) in [6.45, 7) is 3.62. The van der Waals surface area contributed by atoms with Gasteiger partial charge in [-0.15, -0.1) is 0 Å². The minimum atomic E-state index is -3.84. The van der Waals surface area contributed by atoms with E-state index in [2.05, 4.69) is 9.82 Å². The monoisotopic (exact) mass is 329 g/mol. The van der Waals surface area contributed by atoms with Gasteiger partial charge in [0.1, 0.15) is 4.90 Å². The van der Waals surface area contributed by atoms with Gasteiger partial charge in [0.2, 0.25) is 0 Å². The third-order valence-electron chi connectivity index (χ3n) is 2.85. The van der Waals surface area contributed by atoms with Gasteiger partial charge in [-0.05, 0) is 31.5 Å². The van der Waals surface area contributed by atoms with Crippen LogP contribution in [0.2, 0.25) is 5.02 Å². The number of aromatic nitrogens is 2. The molecule has 6 nitrogen and oxygen atoms in total. The zero-order valence-corrected chi connectivity index (χ0v) is 13.2. The van der Waals surface area contributed by atoms with E-state index in [9.17, 15) is 8.42 Å². The van der Waals surface area contributed by atoms with Crippen LogP contribution in [-0.2, 0) is 16.6 Å². The zero-order chi connectivity index (χ0) is 15.6. The van der Waals surface area contributed by atoms with Crippen molar-refractivity contribution in [3.05, 3.63) is 41.2 Å². The fourth-order valence-corrected chi connectivity index (χ4v) is 3.31. The van der Waals surface area contributed by atoms with Crippen molar-refractivity contribution < 1.29 is 13.5 Å². The number of anilines is 1. The standard InChI is InChI=1S/C13H16ClN3O3S/c1-9(2)17-7-11(6-15-17)16-21(19,20)13-5-10(8-18)3-4-12(13)14/h3-7,9,16,18H,8H2,1-2H3. The van der Waals surface area contributed by atoms with E-state index in [1.807, 2.05) is 13.8 Å². The van der Waals surface area contributed by atoms with Gasteiger partial charge < -0.3 is 5.11 Å². The lowest BCUT2D eigenvalue weighted by molar-refractivity contribution is 0.281. The molecule has 2 rings (SSSR count). The molecule has 8 heteroatoms. The summed E-state index contributed by atoms with van der Waals surface area (Å²) in [5.41, 5.74) is 0.826. The van der Waals surface area contributed by atoms with Crippen LogP contribution in [0.1, 0.15) is 25.5 Å². The predicted octanol–water partition coefficient (Wildman–Crippen LogP) is 2.41. The number of nitrogens with zero attached hydrogens (tertiary/aromatic N) is 2. The van der Waals surface area contributed by atoms with E-state index in [-0.39, 0.29) is 22.6 Å². The molecule has 2 aromatic rings. The summed E-state index contributed by atoms with van der Waals surface area (Å²) in [6.07, 6.45) is 3.04. The van der Waals surface area contributed by atoms with Gasteiger partial charge in [-0.3, -0.25) is 9.40 Å². The largest absolute Gasteiger partial charge is 0.392 e. The lowest BCUT2D eigenvalue weighted by atomic mass is 10.2. The molecular weight excluding hydrogens is 314 g/mol. The first-order valence-electron chi connectivity index (χ1n) is 6.30.